The van der Waals surface area contributed by atoms with Crippen LogP contribution in [0.25, 0.3) is 0 Å². The third-order valence-electron chi connectivity index (χ3n) is 1.75. The normalized spacial score (nSPS) is 11.1. The van der Waals surface area contributed by atoms with Gasteiger partial charge in [-0.3, -0.25) is 0 Å². The van der Waals surface area contributed by atoms with Crippen LogP contribution in [0.5, 0.6) is 0 Å². The minimum absolute atomic E-state index is 0. The largest absolute Gasteiger partial charge is 0.307 e. The molecule has 0 atom stereocenters. The summed E-state index contributed by atoms with van der Waals surface area (Å²) in [5, 5.41) is 5.62. The van der Waals surface area contributed by atoms with E-state index in [-0.39, 0.29) is 17.9 Å². The zero-order valence-electron chi connectivity index (χ0n) is 8.68. The molecule has 1 nitrogen and oxygen atoms in total. The Hall–Kier alpha value is -0.0500. The van der Waals surface area contributed by atoms with Gasteiger partial charge in [0.05, 0.1) is 0 Å². The first-order chi connectivity index (χ1) is 5.49. The van der Waals surface area contributed by atoms with Crippen molar-refractivity contribution in [1.29, 1.82) is 0 Å². The highest BCUT2D eigenvalue weighted by molar-refractivity contribution is 7.10. The van der Waals surface area contributed by atoms with E-state index in [4.69, 9.17) is 0 Å². The van der Waals surface area contributed by atoms with Crippen molar-refractivity contribution < 1.29 is 0 Å². The molecule has 0 radical (unpaired) electrons. The van der Waals surface area contributed by atoms with Gasteiger partial charge in [-0.1, -0.05) is 0 Å². The summed E-state index contributed by atoms with van der Waals surface area (Å²) in [5.41, 5.74) is 1.62. The van der Waals surface area contributed by atoms with Crippen molar-refractivity contribution in [3.05, 3.63) is 21.9 Å². The van der Waals surface area contributed by atoms with Crippen LogP contribution < -0.4 is 5.32 Å². The molecule has 1 aromatic rings. The molecule has 0 saturated heterocycles. The molecule has 0 aromatic carbocycles. The topological polar surface area (TPSA) is 12.0 Å². The van der Waals surface area contributed by atoms with Crippen LogP contribution in [-0.2, 0) is 6.54 Å². The second-order valence-electron chi connectivity index (χ2n) is 4.13. The molecule has 1 rings (SSSR count). The van der Waals surface area contributed by atoms with E-state index < -0.39 is 0 Å². The fraction of sp³-hybridized carbons (Fsp3) is 0.600. The first kappa shape index (κ1) is 12.9. The monoisotopic (exact) mass is 219 g/mol. The van der Waals surface area contributed by atoms with Gasteiger partial charge >= 0.3 is 0 Å². The molecule has 0 fully saturated rings. The van der Waals surface area contributed by atoms with Crippen LogP contribution in [0.15, 0.2) is 11.4 Å². The smallest absolute Gasteiger partial charge is 0.0307 e. The first-order valence-corrected chi connectivity index (χ1v) is 5.15. The van der Waals surface area contributed by atoms with Crippen molar-refractivity contribution in [3.8, 4) is 0 Å². The second-order valence-corrected chi connectivity index (χ2v) is 5.13. The summed E-state index contributed by atoms with van der Waals surface area (Å²) in [6.45, 7) is 9.73. The summed E-state index contributed by atoms with van der Waals surface area (Å²) in [6, 6.07) is 2.17. The molecule has 1 heterocycles. The van der Waals surface area contributed by atoms with E-state index >= 15 is 0 Å². The maximum absolute atomic E-state index is 3.48. The van der Waals surface area contributed by atoms with Crippen LogP contribution in [0.3, 0.4) is 0 Å². The van der Waals surface area contributed by atoms with Gasteiger partial charge in [-0.2, -0.15) is 0 Å². The number of nitrogens with one attached hydrogen (secondary N) is 1. The highest BCUT2D eigenvalue weighted by Crippen LogP contribution is 2.16. The fourth-order valence-electron chi connectivity index (χ4n) is 0.931. The number of halogens is 1. The summed E-state index contributed by atoms with van der Waals surface area (Å²) in [4.78, 5) is 1.45. The van der Waals surface area contributed by atoms with Crippen LogP contribution in [-0.4, -0.2) is 5.54 Å². The van der Waals surface area contributed by atoms with Crippen molar-refractivity contribution in [3.63, 3.8) is 0 Å². The molecule has 0 aliphatic carbocycles. The summed E-state index contributed by atoms with van der Waals surface area (Å²) >= 11 is 1.83. The van der Waals surface area contributed by atoms with Gasteiger partial charge in [0.25, 0.3) is 0 Å². The summed E-state index contributed by atoms with van der Waals surface area (Å²) in [6.07, 6.45) is 0. The number of hydrogen-bond donors (Lipinski definition) is 1. The molecule has 0 saturated carbocycles. The van der Waals surface area contributed by atoms with Crippen LogP contribution in [0.1, 0.15) is 31.2 Å². The van der Waals surface area contributed by atoms with Gasteiger partial charge in [-0.25, -0.2) is 0 Å². The number of rotatable bonds is 2. The highest BCUT2D eigenvalue weighted by Gasteiger charge is 2.09. The van der Waals surface area contributed by atoms with E-state index in [0.717, 1.165) is 6.54 Å². The molecule has 76 valence electrons. The molecule has 0 amide bonds. The Morgan fingerprint density at radius 2 is 2.00 bits per heavy atom. The standard InChI is InChI=1S/C10H17NS.ClH/c1-8-5-6-12-9(8)7-11-10(2,3)4;/h5-6,11H,7H2,1-4H3;1H. The highest BCUT2D eigenvalue weighted by atomic mass is 35.5. The van der Waals surface area contributed by atoms with Crippen LogP contribution >= 0.6 is 23.7 Å². The predicted octanol–water partition coefficient (Wildman–Crippen LogP) is 3.37. The summed E-state index contributed by atoms with van der Waals surface area (Å²) in [5.74, 6) is 0. The fourth-order valence-corrected chi connectivity index (χ4v) is 1.78. The van der Waals surface area contributed by atoms with Crippen LogP contribution in [0.2, 0.25) is 0 Å². The van der Waals surface area contributed by atoms with E-state index in [9.17, 15) is 0 Å². The number of hydrogen-bond acceptors (Lipinski definition) is 2. The average molecular weight is 220 g/mol. The van der Waals surface area contributed by atoms with Gasteiger partial charge in [-0.15, -0.1) is 23.7 Å². The van der Waals surface area contributed by atoms with Crippen molar-refractivity contribution in [1.82, 2.24) is 5.32 Å². The minimum atomic E-state index is 0. The van der Waals surface area contributed by atoms with E-state index in [2.05, 4.69) is 44.5 Å². The Morgan fingerprint density at radius 1 is 1.38 bits per heavy atom. The van der Waals surface area contributed by atoms with Gasteiger partial charge < -0.3 is 5.32 Å². The Balaban J connectivity index is 0.00000144. The Kier molecular flexibility index (Phi) is 4.97. The zero-order valence-corrected chi connectivity index (χ0v) is 10.3. The van der Waals surface area contributed by atoms with Gasteiger partial charge in [-0.05, 0) is 44.7 Å². The molecule has 0 spiro atoms. The van der Waals surface area contributed by atoms with Gasteiger partial charge in [0, 0.05) is 17.0 Å². The van der Waals surface area contributed by atoms with Gasteiger partial charge in [0.15, 0.2) is 0 Å². The van der Waals surface area contributed by atoms with Gasteiger partial charge in [0.2, 0.25) is 0 Å². The minimum Gasteiger partial charge on any atom is -0.307 e. The SMILES string of the molecule is Cc1ccsc1CNC(C)(C)C.Cl. The average Bonchev–Trinajstić information content (AvgIpc) is 2.29. The summed E-state index contributed by atoms with van der Waals surface area (Å²) in [7, 11) is 0. The Bertz CT molecular complexity index is 250. The molecular formula is C10H18ClNS. The number of aryl methyl sites for hydroxylation is 1. The quantitative estimate of drug-likeness (QED) is 0.805. The Labute approximate surface area is 91.0 Å². The second kappa shape index (κ2) is 4.99. The maximum atomic E-state index is 3.48. The molecule has 0 unspecified atom stereocenters. The lowest BCUT2D eigenvalue weighted by molar-refractivity contribution is 0.426. The third kappa shape index (κ3) is 4.65. The molecule has 0 bridgehead atoms. The molecular weight excluding hydrogens is 202 g/mol. The van der Waals surface area contributed by atoms with Crippen LogP contribution in [0, 0.1) is 6.92 Å². The zero-order chi connectivity index (χ0) is 9.19. The summed E-state index contributed by atoms with van der Waals surface area (Å²) < 4.78 is 0. The van der Waals surface area contributed by atoms with E-state index in [1.807, 2.05) is 11.3 Å². The van der Waals surface area contributed by atoms with Gasteiger partial charge in [0.1, 0.15) is 0 Å². The van der Waals surface area contributed by atoms with E-state index in [1.54, 1.807) is 0 Å². The molecule has 13 heavy (non-hydrogen) atoms. The van der Waals surface area contributed by atoms with Crippen molar-refractivity contribution in [2.45, 2.75) is 39.8 Å². The Morgan fingerprint density at radius 3 is 2.38 bits per heavy atom. The van der Waals surface area contributed by atoms with E-state index in [0.29, 0.717) is 0 Å². The van der Waals surface area contributed by atoms with Crippen molar-refractivity contribution >= 4 is 23.7 Å². The molecule has 0 aliphatic heterocycles. The molecule has 1 aromatic heterocycles. The third-order valence-corrected chi connectivity index (χ3v) is 2.77. The van der Waals surface area contributed by atoms with Crippen LogP contribution in [0.4, 0.5) is 0 Å². The predicted molar refractivity (Wildman–Crippen MR) is 62.9 cm³/mol. The maximum Gasteiger partial charge on any atom is 0.0307 e. The number of thiophene rings is 1. The molecule has 1 N–H and O–H groups in total. The first-order valence-electron chi connectivity index (χ1n) is 4.27. The lowest BCUT2D eigenvalue weighted by atomic mass is 10.1. The lowest BCUT2D eigenvalue weighted by Crippen LogP contribution is -2.34. The molecule has 0 aliphatic rings. The van der Waals surface area contributed by atoms with Crippen molar-refractivity contribution in [2.75, 3.05) is 0 Å². The van der Waals surface area contributed by atoms with Crippen molar-refractivity contribution in [2.24, 2.45) is 0 Å². The van der Waals surface area contributed by atoms with E-state index in [1.165, 1.54) is 10.4 Å². The lowest BCUT2D eigenvalue weighted by Gasteiger charge is -2.20. The molecule has 3 heteroatoms.